The third kappa shape index (κ3) is 2.71. The zero-order valence-corrected chi connectivity index (χ0v) is 10.1. The first-order chi connectivity index (χ1) is 8.56. The number of nitrogens with zero attached hydrogens (tertiary/aromatic N) is 3. The predicted octanol–water partition coefficient (Wildman–Crippen LogP) is 1.54. The first-order valence-electron chi connectivity index (χ1n) is 5.55. The molecule has 2 rings (SSSR count). The number of amides is 1. The third-order valence-corrected chi connectivity index (χ3v) is 2.24. The van der Waals surface area contributed by atoms with Crippen LogP contribution in [0, 0.1) is 5.82 Å². The lowest BCUT2D eigenvalue weighted by Gasteiger charge is -2.04. The monoisotopic (exact) mass is 248 g/mol. The first-order valence-corrected chi connectivity index (χ1v) is 5.55. The van der Waals surface area contributed by atoms with Crippen molar-refractivity contribution in [2.45, 2.75) is 19.9 Å². The standard InChI is InChI=1S/C12H13FN4O/c1-8(2)14-12(18)11-7-17(16-15-11)10-5-3-9(13)4-6-10/h3-8H,1-2H3,(H,14,18). The van der Waals surface area contributed by atoms with Gasteiger partial charge < -0.3 is 5.32 Å². The summed E-state index contributed by atoms with van der Waals surface area (Å²) in [5, 5.41) is 10.3. The summed E-state index contributed by atoms with van der Waals surface area (Å²) in [5.41, 5.74) is 0.875. The largest absolute Gasteiger partial charge is 0.348 e. The van der Waals surface area contributed by atoms with Gasteiger partial charge in [0.2, 0.25) is 0 Å². The van der Waals surface area contributed by atoms with Crippen LogP contribution in [0.15, 0.2) is 30.5 Å². The fourth-order valence-electron chi connectivity index (χ4n) is 1.42. The Morgan fingerprint density at radius 3 is 2.61 bits per heavy atom. The van der Waals surface area contributed by atoms with Crippen LogP contribution in [0.2, 0.25) is 0 Å². The lowest BCUT2D eigenvalue weighted by atomic mass is 10.3. The van der Waals surface area contributed by atoms with E-state index in [-0.39, 0.29) is 23.5 Å². The molecule has 1 aromatic heterocycles. The van der Waals surface area contributed by atoms with E-state index >= 15 is 0 Å². The molecule has 2 aromatic rings. The molecule has 1 N–H and O–H groups in total. The van der Waals surface area contributed by atoms with Gasteiger partial charge >= 0.3 is 0 Å². The second-order valence-electron chi connectivity index (χ2n) is 4.15. The van der Waals surface area contributed by atoms with Crippen molar-refractivity contribution in [2.75, 3.05) is 0 Å². The van der Waals surface area contributed by atoms with Crippen molar-refractivity contribution in [2.24, 2.45) is 0 Å². The molecule has 18 heavy (non-hydrogen) atoms. The van der Waals surface area contributed by atoms with Gasteiger partial charge in [-0.15, -0.1) is 5.10 Å². The van der Waals surface area contributed by atoms with Gasteiger partial charge in [-0.25, -0.2) is 9.07 Å². The number of halogens is 1. The van der Waals surface area contributed by atoms with Gasteiger partial charge in [-0.2, -0.15) is 0 Å². The van der Waals surface area contributed by atoms with Crippen molar-refractivity contribution in [1.29, 1.82) is 0 Å². The lowest BCUT2D eigenvalue weighted by Crippen LogP contribution is -2.30. The van der Waals surface area contributed by atoms with Crippen LogP contribution in [0.3, 0.4) is 0 Å². The third-order valence-electron chi connectivity index (χ3n) is 2.24. The van der Waals surface area contributed by atoms with E-state index in [1.54, 1.807) is 12.1 Å². The maximum atomic E-state index is 12.8. The normalized spacial score (nSPS) is 10.7. The molecule has 0 fully saturated rings. The number of hydrogen-bond donors (Lipinski definition) is 1. The molecule has 94 valence electrons. The van der Waals surface area contributed by atoms with Gasteiger partial charge in [0, 0.05) is 6.04 Å². The van der Waals surface area contributed by atoms with E-state index in [0.29, 0.717) is 5.69 Å². The fourth-order valence-corrected chi connectivity index (χ4v) is 1.42. The number of nitrogens with one attached hydrogen (secondary N) is 1. The van der Waals surface area contributed by atoms with Crippen LogP contribution in [0.25, 0.3) is 5.69 Å². The highest BCUT2D eigenvalue weighted by Gasteiger charge is 2.12. The minimum absolute atomic E-state index is 0.0356. The van der Waals surface area contributed by atoms with Crippen molar-refractivity contribution >= 4 is 5.91 Å². The smallest absolute Gasteiger partial charge is 0.273 e. The number of carbonyl (C=O) groups is 1. The summed E-state index contributed by atoms with van der Waals surface area (Å²) in [6.07, 6.45) is 1.50. The quantitative estimate of drug-likeness (QED) is 0.896. The van der Waals surface area contributed by atoms with Crippen LogP contribution in [0.4, 0.5) is 4.39 Å². The van der Waals surface area contributed by atoms with E-state index in [2.05, 4.69) is 15.6 Å². The summed E-state index contributed by atoms with van der Waals surface area (Å²) >= 11 is 0. The maximum Gasteiger partial charge on any atom is 0.273 e. The summed E-state index contributed by atoms with van der Waals surface area (Å²) < 4.78 is 14.2. The second-order valence-corrected chi connectivity index (χ2v) is 4.15. The molecule has 0 aliphatic carbocycles. The zero-order valence-electron chi connectivity index (χ0n) is 10.1. The van der Waals surface area contributed by atoms with Gasteiger partial charge in [-0.3, -0.25) is 4.79 Å². The molecular weight excluding hydrogens is 235 g/mol. The Balaban J connectivity index is 2.20. The molecular formula is C12H13FN4O. The molecule has 0 unspecified atom stereocenters. The van der Waals surface area contributed by atoms with Crippen molar-refractivity contribution in [3.8, 4) is 5.69 Å². The van der Waals surface area contributed by atoms with Gasteiger partial charge in [-0.1, -0.05) is 5.21 Å². The van der Waals surface area contributed by atoms with Crippen molar-refractivity contribution in [1.82, 2.24) is 20.3 Å². The number of carbonyl (C=O) groups excluding carboxylic acids is 1. The Morgan fingerprint density at radius 1 is 1.33 bits per heavy atom. The second kappa shape index (κ2) is 4.95. The van der Waals surface area contributed by atoms with Gasteiger partial charge in [0.05, 0.1) is 11.9 Å². The molecule has 0 aliphatic heterocycles. The highest BCUT2D eigenvalue weighted by Crippen LogP contribution is 2.08. The molecule has 0 saturated heterocycles. The molecule has 6 heteroatoms. The first kappa shape index (κ1) is 12.2. The average Bonchev–Trinajstić information content (AvgIpc) is 2.78. The van der Waals surface area contributed by atoms with E-state index in [1.165, 1.54) is 23.0 Å². The Bertz CT molecular complexity index is 547. The van der Waals surface area contributed by atoms with Crippen molar-refractivity contribution in [3.05, 3.63) is 42.0 Å². The van der Waals surface area contributed by atoms with E-state index in [9.17, 15) is 9.18 Å². The molecule has 0 aliphatic rings. The van der Waals surface area contributed by atoms with Crippen LogP contribution in [0.5, 0.6) is 0 Å². The molecule has 0 bridgehead atoms. The SMILES string of the molecule is CC(C)NC(=O)c1cn(-c2ccc(F)cc2)nn1. The molecule has 1 amide bonds. The summed E-state index contributed by atoms with van der Waals surface area (Å²) in [5.74, 6) is -0.602. The summed E-state index contributed by atoms with van der Waals surface area (Å²) in [6.45, 7) is 3.73. The topological polar surface area (TPSA) is 59.8 Å². The van der Waals surface area contributed by atoms with E-state index < -0.39 is 0 Å². The van der Waals surface area contributed by atoms with Gasteiger partial charge in [0.15, 0.2) is 5.69 Å². The van der Waals surface area contributed by atoms with E-state index in [4.69, 9.17) is 0 Å². The fraction of sp³-hybridized carbons (Fsp3) is 0.250. The summed E-state index contributed by atoms with van der Waals surface area (Å²) in [7, 11) is 0. The summed E-state index contributed by atoms with van der Waals surface area (Å²) in [4.78, 5) is 11.7. The lowest BCUT2D eigenvalue weighted by molar-refractivity contribution is 0.0938. The Labute approximate surface area is 104 Å². The highest BCUT2D eigenvalue weighted by atomic mass is 19.1. The predicted molar refractivity (Wildman–Crippen MR) is 63.9 cm³/mol. The van der Waals surface area contributed by atoms with Crippen LogP contribution in [0.1, 0.15) is 24.3 Å². The molecule has 1 heterocycles. The summed E-state index contributed by atoms with van der Waals surface area (Å²) in [6, 6.07) is 5.81. The minimum atomic E-state index is -0.323. The minimum Gasteiger partial charge on any atom is -0.348 e. The van der Waals surface area contributed by atoms with Crippen molar-refractivity contribution < 1.29 is 9.18 Å². The Kier molecular flexibility index (Phi) is 3.36. The van der Waals surface area contributed by atoms with Gasteiger partial charge in [-0.05, 0) is 38.1 Å². The van der Waals surface area contributed by atoms with Gasteiger partial charge in [0.25, 0.3) is 5.91 Å². The van der Waals surface area contributed by atoms with Gasteiger partial charge in [0.1, 0.15) is 5.82 Å². The average molecular weight is 248 g/mol. The molecule has 1 aromatic carbocycles. The number of rotatable bonds is 3. The van der Waals surface area contributed by atoms with E-state index in [0.717, 1.165) is 0 Å². The Morgan fingerprint density at radius 2 is 2.00 bits per heavy atom. The Hall–Kier alpha value is -2.24. The highest BCUT2D eigenvalue weighted by molar-refractivity contribution is 5.92. The van der Waals surface area contributed by atoms with Crippen LogP contribution in [-0.4, -0.2) is 26.9 Å². The van der Waals surface area contributed by atoms with Crippen molar-refractivity contribution in [3.63, 3.8) is 0 Å². The van der Waals surface area contributed by atoms with Crippen LogP contribution >= 0.6 is 0 Å². The van der Waals surface area contributed by atoms with E-state index in [1.807, 2.05) is 13.8 Å². The number of hydrogen-bond acceptors (Lipinski definition) is 3. The zero-order chi connectivity index (χ0) is 13.1. The molecule has 5 nitrogen and oxygen atoms in total. The molecule has 0 saturated carbocycles. The molecule has 0 spiro atoms. The van der Waals surface area contributed by atoms with Crippen LogP contribution < -0.4 is 5.32 Å². The maximum absolute atomic E-state index is 12.8. The molecule has 0 atom stereocenters. The van der Waals surface area contributed by atoms with Crippen LogP contribution in [-0.2, 0) is 0 Å². The number of benzene rings is 1. The number of aromatic nitrogens is 3. The molecule has 0 radical (unpaired) electrons.